The second-order valence-electron chi connectivity index (χ2n) is 5.60. The van der Waals surface area contributed by atoms with Gasteiger partial charge >= 0.3 is 0 Å². The van der Waals surface area contributed by atoms with Crippen molar-refractivity contribution in [1.29, 1.82) is 0 Å². The summed E-state index contributed by atoms with van der Waals surface area (Å²) in [4.78, 5) is 20.5. The van der Waals surface area contributed by atoms with Gasteiger partial charge in [-0.1, -0.05) is 24.3 Å². The number of carbonyl (C=O) groups is 1. The largest absolute Gasteiger partial charge is 0.338 e. The van der Waals surface area contributed by atoms with E-state index < -0.39 is 0 Å². The minimum atomic E-state index is 0.190. The number of thiophene rings is 1. The second kappa shape index (κ2) is 5.54. The van der Waals surface area contributed by atoms with Crippen LogP contribution < -0.4 is 0 Å². The van der Waals surface area contributed by atoms with Crippen LogP contribution in [0.25, 0.3) is 10.9 Å². The average Bonchev–Trinajstić information content (AvgIpc) is 3.02. The number of para-hydroxylation sites is 1. The molecule has 0 N–H and O–H groups in total. The average molecular weight is 308 g/mol. The Balaban J connectivity index is 1.57. The Morgan fingerprint density at radius 1 is 1.23 bits per heavy atom. The van der Waals surface area contributed by atoms with Crippen molar-refractivity contribution in [3.05, 3.63) is 64.0 Å². The molecule has 3 heterocycles. The van der Waals surface area contributed by atoms with Crippen LogP contribution in [0.1, 0.15) is 16.0 Å². The quantitative estimate of drug-likeness (QED) is 0.727. The van der Waals surface area contributed by atoms with Gasteiger partial charge < -0.3 is 4.90 Å². The van der Waals surface area contributed by atoms with Gasteiger partial charge in [-0.3, -0.25) is 9.78 Å². The van der Waals surface area contributed by atoms with Gasteiger partial charge in [-0.25, -0.2) is 0 Å². The summed E-state index contributed by atoms with van der Waals surface area (Å²) in [6.07, 6.45) is 3.19. The fraction of sp³-hybridized carbons (Fsp3) is 0.222. The predicted molar refractivity (Wildman–Crippen MR) is 88.9 cm³/mol. The number of rotatable bonds is 2. The lowest BCUT2D eigenvalue weighted by atomic mass is 10.0. The summed E-state index contributed by atoms with van der Waals surface area (Å²) < 4.78 is 0. The third-order valence-corrected chi connectivity index (χ3v) is 5.24. The first kappa shape index (κ1) is 13.5. The van der Waals surface area contributed by atoms with Crippen molar-refractivity contribution in [2.75, 3.05) is 6.54 Å². The Labute approximate surface area is 133 Å². The molecule has 0 bridgehead atoms. The Morgan fingerprint density at radius 3 is 3.09 bits per heavy atom. The highest BCUT2D eigenvalue weighted by atomic mass is 32.1. The summed E-state index contributed by atoms with van der Waals surface area (Å²) in [5, 5.41) is 3.21. The molecular weight excluding hydrogens is 292 g/mol. The van der Waals surface area contributed by atoms with E-state index in [0.717, 1.165) is 36.0 Å². The van der Waals surface area contributed by atoms with Gasteiger partial charge in [0, 0.05) is 29.5 Å². The van der Waals surface area contributed by atoms with Gasteiger partial charge in [-0.2, -0.15) is 0 Å². The van der Waals surface area contributed by atoms with E-state index in [4.69, 9.17) is 0 Å². The van der Waals surface area contributed by atoms with Crippen LogP contribution in [0, 0.1) is 0 Å². The molecule has 4 rings (SSSR count). The van der Waals surface area contributed by atoms with Crippen LogP contribution in [0.3, 0.4) is 0 Å². The Hall–Kier alpha value is -2.20. The topological polar surface area (TPSA) is 33.2 Å². The van der Waals surface area contributed by atoms with Gasteiger partial charge in [0.2, 0.25) is 5.91 Å². The number of pyridine rings is 1. The van der Waals surface area contributed by atoms with E-state index in [2.05, 4.69) is 16.4 Å². The maximum Gasteiger partial charge on any atom is 0.227 e. The van der Waals surface area contributed by atoms with Crippen LogP contribution in [-0.4, -0.2) is 22.3 Å². The van der Waals surface area contributed by atoms with Gasteiger partial charge in [0.05, 0.1) is 11.9 Å². The third-order valence-electron chi connectivity index (χ3n) is 4.22. The summed E-state index contributed by atoms with van der Waals surface area (Å²) in [5.41, 5.74) is 3.26. The zero-order valence-corrected chi connectivity index (χ0v) is 13.0. The molecule has 1 amide bonds. The van der Waals surface area contributed by atoms with Gasteiger partial charge in [-0.05, 0) is 35.1 Å². The van der Waals surface area contributed by atoms with Crippen LogP contribution in [0.4, 0.5) is 0 Å². The predicted octanol–water partition coefficient (Wildman–Crippen LogP) is 3.42. The molecule has 3 nitrogen and oxygen atoms in total. The van der Waals surface area contributed by atoms with Crippen LogP contribution in [0.5, 0.6) is 0 Å². The standard InChI is InChI=1S/C18H16N2OS/c21-17(20-9-6-16-15(12-20)7-10-22-16)11-14-4-1-3-13-5-2-8-19-18(13)14/h1-5,7-8,10H,6,9,11-12H2. The van der Waals surface area contributed by atoms with E-state index in [1.807, 2.05) is 35.2 Å². The molecule has 0 spiro atoms. The molecule has 1 aromatic carbocycles. The number of hydrogen-bond donors (Lipinski definition) is 0. The van der Waals surface area contributed by atoms with Crippen molar-refractivity contribution in [3.8, 4) is 0 Å². The van der Waals surface area contributed by atoms with Crippen LogP contribution in [-0.2, 0) is 24.2 Å². The van der Waals surface area contributed by atoms with E-state index in [9.17, 15) is 4.79 Å². The summed E-state index contributed by atoms with van der Waals surface area (Å²) in [7, 11) is 0. The number of amides is 1. The van der Waals surface area contributed by atoms with Crippen molar-refractivity contribution in [2.24, 2.45) is 0 Å². The molecule has 2 aromatic heterocycles. The molecule has 0 radical (unpaired) electrons. The van der Waals surface area contributed by atoms with Crippen molar-refractivity contribution in [2.45, 2.75) is 19.4 Å². The molecule has 1 aliphatic heterocycles. The van der Waals surface area contributed by atoms with Crippen molar-refractivity contribution < 1.29 is 4.79 Å². The number of hydrogen-bond acceptors (Lipinski definition) is 3. The first-order valence-electron chi connectivity index (χ1n) is 7.47. The smallest absolute Gasteiger partial charge is 0.227 e. The molecule has 0 saturated carbocycles. The molecule has 110 valence electrons. The van der Waals surface area contributed by atoms with Crippen LogP contribution in [0.15, 0.2) is 48.0 Å². The van der Waals surface area contributed by atoms with E-state index in [1.54, 1.807) is 17.5 Å². The fourth-order valence-corrected chi connectivity index (χ4v) is 3.94. The lowest BCUT2D eigenvalue weighted by Crippen LogP contribution is -2.36. The summed E-state index contributed by atoms with van der Waals surface area (Å²) >= 11 is 1.80. The Bertz CT molecular complexity index is 834. The van der Waals surface area contributed by atoms with Gasteiger partial charge in [-0.15, -0.1) is 11.3 Å². The molecular formula is C18H16N2OS. The number of aromatic nitrogens is 1. The van der Waals surface area contributed by atoms with Crippen molar-refractivity contribution >= 4 is 28.1 Å². The third kappa shape index (κ3) is 2.40. The molecule has 3 aromatic rings. The van der Waals surface area contributed by atoms with Gasteiger partial charge in [0.15, 0.2) is 0 Å². The maximum absolute atomic E-state index is 12.6. The molecule has 0 saturated heterocycles. The number of carbonyl (C=O) groups excluding carboxylic acids is 1. The summed E-state index contributed by atoms with van der Waals surface area (Å²) in [5.74, 6) is 0.190. The Morgan fingerprint density at radius 2 is 2.14 bits per heavy atom. The normalized spacial score (nSPS) is 14.1. The maximum atomic E-state index is 12.6. The van der Waals surface area contributed by atoms with Crippen molar-refractivity contribution in [3.63, 3.8) is 0 Å². The first-order chi connectivity index (χ1) is 10.8. The lowest BCUT2D eigenvalue weighted by Gasteiger charge is -2.27. The van der Waals surface area contributed by atoms with E-state index in [0.29, 0.717) is 6.42 Å². The van der Waals surface area contributed by atoms with Gasteiger partial charge in [0.1, 0.15) is 0 Å². The number of benzene rings is 1. The molecule has 1 aliphatic rings. The monoisotopic (exact) mass is 308 g/mol. The van der Waals surface area contributed by atoms with E-state index in [1.165, 1.54) is 10.4 Å². The number of nitrogens with zero attached hydrogens (tertiary/aromatic N) is 2. The highest BCUT2D eigenvalue weighted by Gasteiger charge is 2.22. The van der Waals surface area contributed by atoms with Crippen LogP contribution in [0.2, 0.25) is 0 Å². The second-order valence-corrected chi connectivity index (χ2v) is 6.60. The zero-order chi connectivity index (χ0) is 14.9. The lowest BCUT2D eigenvalue weighted by molar-refractivity contribution is -0.131. The molecule has 0 atom stereocenters. The molecule has 0 unspecified atom stereocenters. The van der Waals surface area contributed by atoms with E-state index in [-0.39, 0.29) is 5.91 Å². The Kier molecular flexibility index (Phi) is 3.39. The fourth-order valence-electron chi connectivity index (χ4n) is 3.05. The summed E-state index contributed by atoms with van der Waals surface area (Å²) in [6, 6.07) is 12.1. The highest BCUT2D eigenvalue weighted by Crippen LogP contribution is 2.25. The summed E-state index contributed by atoms with van der Waals surface area (Å²) in [6.45, 7) is 1.57. The molecule has 0 fully saturated rings. The first-order valence-corrected chi connectivity index (χ1v) is 8.35. The number of fused-ring (bicyclic) bond motifs is 2. The molecule has 22 heavy (non-hydrogen) atoms. The molecule has 0 aliphatic carbocycles. The van der Waals surface area contributed by atoms with Gasteiger partial charge in [0.25, 0.3) is 0 Å². The highest BCUT2D eigenvalue weighted by molar-refractivity contribution is 7.10. The zero-order valence-electron chi connectivity index (χ0n) is 12.2. The van der Waals surface area contributed by atoms with Crippen LogP contribution >= 0.6 is 11.3 Å². The van der Waals surface area contributed by atoms with E-state index >= 15 is 0 Å². The minimum absolute atomic E-state index is 0.190. The molecule has 4 heteroatoms. The SMILES string of the molecule is O=C(Cc1cccc2cccnc12)N1CCc2sccc2C1. The van der Waals surface area contributed by atoms with Crippen molar-refractivity contribution in [1.82, 2.24) is 9.88 Å². The minimum Gasteiger partial charge on any atom is -0.338 e.